The maximum atomic E-state index is 13.0. The molecule has 0 saturated carbocycles. The highest BCUT2D eigenvalue weighted by Crippen LogP contribution is 2.29. The molecule has 0 spiro atoms. The normalized spacial score (nSPS) is 19.0. The second-order valence-corrected chi connectivity index (χ2v) is 7.34. The summed E-state index contributed by atoms with van der Waals surface area (Å²) in [6, 6.07) is 5.45. The Morgan fingerprint density at radius 2 is 2.07 bits per heavy atom. The molecule has 1 aromatic heterocycles. The molecule has 2 aromatic rings. The minimum Gasteiger partial charge on any atom is -0.493 e. The molecule has 0 aliphatic carbocycles. The van der Waals surface area contributed by atoms with Crippen molar-refractivity contribution in [3.8, 4) is 11.5 Å². The number of aryl methyl sites for hydroxylation is 1. The van der Waals surface area contributed by atoms with Gasteiger partial charge in [-0.05, 0) is 37.8 Å². The summed E-state index contributed by atoms with van der Waals surface area (Å²) in [5, 5.41) is 3.16. The first-order valence-corrected chi connectivity index (χ1v) is 10.4. The number of carbonyl (C=O) groups excluding carboxylic acids is 1. The van der Waals surface area contributed by atoms with Crippen LogP contribution in [0.15, 0.2) is 30.7 Å². The first-order chi connectivity index (χ1) is 14.1. The molecule has 2 heterocycles. The van der Waals surface area contributed by atoms with Crippen molar-refractivity contribution in [1.29, 1.82) is 0 Å². The van der Waals surface area contributed by atoms with Crippen molar-refractivity contribution < 1.29 is 19.0 Å². The lowest BCUT2D eigenvalue weighted by Crippen LogP contribution is -2.40. The van der Waals surface area contributed by atoms with Gasteiger partial charge in [-0.15, -0.1) is 0 Å². The van der Waals surface area contributed by atoms with Crippen molar-refractivity contribution >= 4 is 5.91 Å². The van der Waals surface area contributed by atoms with Crippen molar-refractivity contribution in [1.82, 2.24) is 14.9 Å². The van der Waals surface area contributed by atoms with Gasteiger partial charge in [0.2, 0.25) is 0 Å². The molecule has 1 aliphatic heterocycles. The molecule has 1 aliphatic rings. The maximum Gasteiger partial charge on any atom is 0.255 e. The van der Waals surface area contributed by atoms with E-state index in [1.165, 1.54) is 0 Å². The van der Waals surface area contributed by atoms with Gasteiger partial charge in [-0.1, -0.05) is 13.8 Å². The summed E-state index contributed by atoms with van der Waals surface area (Å²) in [6.07, 6.45) is 6.81. The number of amides is 1. The Morgan fingerprint density at radius 1 is 1.28 bits per heavy atom. The van der Waals surface area contributed by atoms with Crippen molar-refractivity contribution in [3.63, 3.8) is 0 Å². The first kappa shape index (κ1) is 21.2. The summed E-state index contributed by atoms with van der Waals surface area (Å²) >= 11 is 0. The van der Waals surface area contributed by atoms with Crippen LogP contribution < -0.4 is 14.8 Å². The third kappa shape index (κ3) is 5.50. The van der Waals surface area contributed by atoms with Gasteiger partial charge in [-0.3, -0.25) is 4.79 Å². The Bertz CT molecular complexity index is 805. The Labute approximate surface area is 172 Å². The van der Waals surface area contributed by atoms with Crippen LogP contribution in [0.4, 0.5) is 0 Å². The molecule has 7 heteroatoms. The highest BCUT2D eigenvalue weighted by atomic mass is 16.5. The molecule has 2 atom stereocenters. The quantitative estimate of drug-likeness (QED) is 0.694. The van der Waals surface area contributed by atoms with Gasteiger partial charge in [0.1, 0.15) is 17.6 Å². The molecule has 0 radical (unpaired) electrons. The van der Waals surface area contributed by atoms with Crippen LogP contribution >= 0.6 is 0 Å². The zero-order chi connectivity index (χ0) is 20.6. The number of nitrogens with one attached hydrogen (secondary N) is 1. The fourth-order valence-corrected chi connectivity index (χ4v) is 3.41. The summed E-state index contributed by atoms with van der Waals surface area (Å²) in [6.45, 7) is 5.89. The molecular weight excluding hydrogens is 370 g/mol. The van der Waals surface area contributed by atoms with E-state index in [0.29, 0.717) is 37.6 Å². The topological polar surface area (TPSA) is 74.6 Å². The Hall–Kier alpha value is -2.54. The fraction of sp³-hybridized carbons (Fsp3) is 0.545. The molecule has 0 bridgehead atoms. The van der Waals surface area contributed by atoms with E-state index < -0.39 is 0 Å². The number of hydrogen-bond acceptors (Lipinski definition) is 5. The van der Waals surface area contributed by atoms with E-state index >= 15 is 0 Å². The molecule has 2 unspecified atom stereocenters. The molecule has 1 aromatic carbocycles. The second kappa shape index (κ2) is 10.3. The fourth-order valence-electron chi connectivity index (χ4n) is 3.41. The van der Waals surface area contributed by atoms with Crippen molar-refractivity contribution in [2.45, 2.75) is 51.7 Å². The number of aromatic nitrogens is 2. The smallest absolute Gasteiger partial charge is 0.255 e. The highest BCUT2D eigenvalue weighted by molar-refractivity contribution is 5.97. The predicted molar refractivity (Wildman–Crippen MR) is 110 cm³/mol. The lowest BCUT2D eigenvalue weighted by atomic mass is 10.0. The minimum atomic E-state index is -0.131. The Morgan fingerprint density at radius 3 is 2.79 bits per heavy atom. The zero-order valence-electron chi connectivity index (χ0n) is 17.5. The van der Waals surface area contributed by atoms with Crippen LogP contribution in [-0.4, -0.2) is 41.3 Å². The number of rotatable bonds is 9. The summed E-state index contributed by atoms with van der Waals surface area (Å²) < 4.78 is 19.4. The average molecular weight is 402 g/mol. The lowest BCUT2D eigenvalue weighted by Gasteiger charge is -2.30. The van der Waals surface area contributed by atoms with Crippen molar-refractivity contribution in [2.24, 2.45) is 7.05 Å². The molecule has 1 fully saturated rings. The van der Waals surface area contributed by atoms with E-state index in [1.807, 2.05) is 36.9 Å². The number of nitrogens with zero attached hydrogens (tertiary/aromatic N) is 2. The van der Waals surface area contributed by atoms with Gasteiger partial charge in [-0.25, -0.2) is 4.98 Å². The van der Waals surface area contributed by atoms with E-state index in [0.717, 1.165) is 30.7 Å². The molecule has 1 amide bonds. The summed E-state index contributed by atoms with van der Waals surface area (Å²) in [5.74, 6) is 1.15. The van der Waals surface area contributed by atoms with Crippen molar-refractivity contribution in [2.75, 3.05) is 19.8 Å². The second-order valence-electron chi connectivity index (χ2n) is 7.34. The lowest BCUT2D eigenvalue weighted by molar-refractivity contribution is -0.00303. The Kier molecular flexibility index (Phi) is 7.52. The largest absolute Gasteiger partial charge is 0.493 e. The third-order valence-electron chi connectivity index (χ3n) is 4.94. The van der Waals surface area contributed by atoms with Gasteiger partial charge < -0.3 is 24.1 Å². The number of carbonyl (C=O) groups is 1. The van der Waals surface area contributed by atoms with E-state index in [-0.39, 0.29) is 18.1 Å². The number of benzene rings is 1. The van der Waals surface area contributed by atoms with Gasteiger partial charge in [0.25, 0.3) is 5.91 Å². The van der Waals surface area contributed by atoms with Crippen LogP contribution in [0.1, 0.15) is 61.7 Å². The van der Waals surface area contributed by atoms with Crippen molar-refractivity contribution in [3.05, 3.63) is 42.0 Å². The molecule has 158 valence electrons. The van der Waals surface area contributed by atoms with Crippen LogP contribution in [0.5, 0.6) is 11.5 Å². The van der Waals surface area contributed by atoms with E-state index in [4.69, 9.17) is 14.2 Å². The first-order valence-electron chi connectivity index (χ1n) is 10.4. The molecule has 3 rings (SSSR count). The van der Waals surface area contributed by atoms with Crippen LogP contribution in [0.2, 0.25) is 0 Å². The molecule has 1 saturated heterocycles. The molecule has 29 heavy (non-hydrogen) atoms. The van der Waals surface area contributed by atoms with Crippen LogP contribution in [-0.2, 0) is 11.8 Å². The van der Waals surface area contributed by atoms with Gasteiger partial charge in [0.05, 0.1) is 37.0 Å². The summed E-state index contributed by atoms with van der Waals surface area (Å²) in [4.78, 5) is 17.2. The van der Waals surface area contributed by atoms with Crippen LogP contribution in [0.3, 0.4) is 0 Å². The Balaban J connectivity index is 1.69. The molecular formula is C22H31N3O4. The van der Waals surface area contributed by atoms with E-state index in [2.05, 4.69) is 17.2 Å². The van der Waals surface area contributed by atoms with E-state index in [9.17, 15) is 4.79 Å². The van der Waals surface area contributed by atoms with Gasteiger partial charge in [0.15, 0.2) is 0 Å². The molecule has 1 N–H and O–H groups in total. The van der Waals surface area contributed by atoms with Crippen LogP contribution in [0, 0.1) is 0 Å². The van der Waals surface area contributed by atoms with E-state index in [1.54, 1.807) is 12.4 Å². The van der Waals surface area contributed by atoms with Crippen LogP contribution in [0.25, 0.3) is 0 Å². The predicted octanol–water partition coefficient (Wildman–Crippen LogP) is 3.65. The number of ether oxygens (including phenoxy) is 3. The third-order valence-corrected chi connectivity index (χ3v) is 4.94. The average Bonchev–Trinajstić information content (AvgIpc) is 3.16. The standard InChI is InChI=1S/C22H31N3O4/c1-4-9-27-17-6-7-18(20(13-17)28-10-5-2)22(26)24-16-8-11-29-21(12-16)19-14-23-15-25(19)3/h6-7,13-16,21H,4-5,8-12H2,1-3H3,(H,24,26). The minimum absolute atomic E-state index is 0.0335. The monoisotopic (exact) mass is 401 g/mol. The van der Waals surface area contributed by atoms with Gasteiger partial charge in [-0.2, -0.15) is 0 Å². The highest BCUT2D eigenvalue weighted by Gasteiger charge is 2.27. The number of hydrogen-bond donors (Lipinski definition) is 1. The number of imidazole rings is 1. The van der Waals surface area contributed by atoms with Gasteiger partial charge in [0, 0.05) is 25.8 Å². The van der Waals surface area contributed by atoms with Gasteiger partial charge >= 0.3 is 0 Å². The zero-order valence-corrected chi connectivity index (χ0v) is 17.5. The molecule has 7 nitrogen and oxygen atoms in total. The summed E-state index contributed by atoms with van der Waals surface area (Å²) in [5.41, 5.74) is 1.55. The maximum absolute atomic E-state index is 13.0. The SMILES string of the molecule is CCCOc1ccc(C(=O)NC2CCOC(c3cncn3C)C2)c(OCCC)c1. The summed E-state index contributed by atoms with van der Waals surface area (Å²) in [7, 11) is 1.95.